The van der Waals surface area contributed by atoms with Gasteiger partial charge in [0, 0.05) is 36.0 Å². The average molecular weight is 484 g/mol. The first kappa shape index (κ1) is 23.3. The van der Waals surface area contributed by atoms with E-state index in [1.807, 2.05) is 25.1 Å². The Hall–Kier alpha value is -3.48. The van der Waals surface area contributed by atoms with Crippen LogP contribution in [0, 0.1) is 30.1 Å². The van der Waals surface area contributed by atoms with Crippen LogP contribution in [0.2, 0.25) is 0 Å². The molecule has 5 atom stereocenters. The van der Waals surface area contributed by atoms with Gasteiger partial charge in [0.25, 0.3) is 11.8 Å². The molecular formula is C25H27F2N5O3. The molecule has 0 radical (unpaired) electrons. The molecule has 3 saturated heterocycles. The number of aromatic nitrogens is 1. The Morgan fingerprint density at radius 3 is 2.80 bits per heavy atom. The molecular weight excluding hydrogens is 456 g/mol. The first-order valence-electron chi connectivity index (χ1n) is 12.0. The quantitative estimate of drug-likeness (QED) is 0.606. The Kier molecular flexibility index (Phi) is 5.74. The maximum absolute atomic E-state index is 15.0. The van der Waals surface area contributed by atoms with Crippen molar-refractivity contribution in [1.82, 2.24) is 20.5 Å². The Bertz CT molecular complexity index is 1240. The largest absolute Gasteiger partial charge is 0.358 e. The number of hydrogen-bond acceptors (Lipinski definition) is 4. The minimum absolute atomic E-state index is 0.0975. The van der Waals surface area contributed by atoms with Crippen molar-refractivity contribution in [2.45, 2.75) is 63.1 Å². The lowest BCUT2D eigenvalue weighted by Crippen LogP contribution is -2.68. The third-order valence-electron chi connectivity index (χ3n) is 7.62. The van der Waals surface area contributed by atoms with Crippen LogP contribution in [-0.4, -0.2) is 58.2 Å². The third kappa shape index (κ3) is 4.03. The second kappa shape index (κ2) is 8.63. The molecule has 2 bridgehead atoms. The molecule has 2 aromatic rings. The van der Waals surface area contributed by atoms with Gasteiger partial charge in [0.15, 0.2) is 0 Å². The summed E-state index contributed by atoms with van der Waals surface area (Å²) in [5.41, 5.74) is 1.78. The van der Waals surface area contributed by atoms with Crippen LogP contribution in [-0.2, 0) is 9.59 Å². The molecule has 1 aromatic heterocycles. The summed E-state index contributed by atoms with van der Waals surface area (Å²) in [5, 5.41) is 15.7. The number of alkyl halides is 2. The summed E-state index contributed by atoms with van der Waals surface area (Å²) in [4.78, 5) is 43.6. The number of rotatable bonds is 5. The fraction of sp³-hybridized carbons (Fsp3) is 0.520. The molecule has 35 heavy (non-hydrogen) atoms. The Balaban J connectivity index is 1.45. The van der Waals surface area contributed by atoms with Crippen molar-refractivity contribution in [2.75, 3.05) is 6.54 Å². The first-order valence-corrected chi connectivity index (χ1v) is 12.0. The van der Waals surface area contributed by atoms with E-state index < -0.39 is 54.1 Å². The van der Waals surface area contributed by atoms with Crippen molar-refractivity contribution in [1.29, 1.82) is 5.26 Å². The number of nitrogens with one attached hydrogen (secondary N) is 3. The molecule has 1 saturated carbocycles. The number of carbonyl (C=O) groups is 3. The molecule has 1 aromatic carbocycles. The zero-order valence-corrected chi connectivity index (χ0v) is 19.3. The Morgan fingerprint density at radius 2 is 2.11 bits per heavy atom. The highest BCUT2D eigenvalue weighted by molar-refractivity contribution is 6.07. The number of aromatic amines is 1. The van der Waals surface area contributed by atoms with Crippen LogP contribution in [0.1, 0.15) is 48.2 Å². The van der Waals surface area contributed by atoms with E-state index >= 15 is 0 Å². The molecule has 4 aliphatic rings. The van der Waals surface area contributed by atoms with Crippen LogP contribution in [0.5, 0.6) is 0 Å². The van der Waals surface area contributed by atoms with Gasteiger partial charge in [-0.05, 0) is 44.7 Å². The van der Waals surface area contributed by atoms with Crippen molar-refractivity contribution in [2.24, 2.45) is 11.8 Å². The number of halogens is 2. The van der Waals surface area contributed by atoms with Gasteiger partial charge in [-0.25, -0.2) is 8.78 Å². The summed E-state index contributed by atoms with van der Waals surface area (Å²) in [6, 6.07) is 5.88. The molecule has 3 aliphatic heterocycles. The van der Waals surface area contributed by atoms with Gasteiger partial charge in [0.05, 0.1) is 23.1 Å². The zero-order valence-electron chi connectivity index (χ0n) is 19.3. The van der Waals surface area contributed by atoms with E-state index in [2.05, 4.69) is 15.6 Å². The topological polar surface area (TPSA) is 118 Å². The summed E-state index contributed by atoms with van der Waals surface area (Å²) >= 11 is 0. The maximum Gasteiger partial charge on any atom is 0.256 e. The van der Waals surface area contributed by atoms with Gasteiger partial charge < -0.3 is 20.5 Å². The molecule has 6 rings (SSSR count). The van der Waals surface area contributed by atoms with Gasteiger partial charge in [-0.2, -0.15) is 5.26 Å². The molecule has 3 amide bonds. The van der Waals surface area contributed by atoms with E-state index in [4.69, 9.17) is 0 Å². The van der Waals surface area contributed by atoms with Crippen LogP contribution in [0.4, 0.5) is 8.78 Å². The van der Waals surface area contributed by atoms with Crippen LogP contribution in [0.15, 0.2) is 24.3 Å². The number of nitriles is 1. The van der Waals surface area contributed by atoms with Crippen molar-refractivity contribution < 1.29 is 23.2 Å². The summed E-state index contributed by atoms with van der Waals surface area (Å²) in [5.74, 6) is -6.29. The van der Waals surface area contributed by atoms with E-state index in [0.29, 0.717) is 30.5 Å². The molecule has 10 heteroatoms. The van der Waals surface area contributed by atoms with Crippen LogP contribution in [0.3, 0.4) is 0 Å². The lowest BCUT2D eigenvalue weighted by molar-refractivity contribution is -0.179. The van der Waals surface area contributed by atoms with Crippen molar-refractivity contribution in [3.8, 4) is 6.07 Å². The minimum Gasteiger partial charge on any atom is -0.358 e. The smallest absolute Gasteiger partial charge is 0.256 e. The molecule has 4 fully saturated rings. The summed E-state index contributed by atoms with van der Waals surface area (Å²) in [6.45, 7) is 2.36. The second-order valence-electron chi connectivity index (χ2n) is 9.88. The number of hydrogen-bond donors (Lipinski definition) is 3. The van der Waals surface area contributed by atoms with Gasteiger partial charge in [-0.15, -0.1) is 0 Å². The molecule has 0 unspecified atom stereocenters. The number of carbonyl (C=O) groups excluding carboxylic acids is 3. The number of amides is 3. The van der Waals surface area contributed by atoms with Crippen molar-refractivity contribution >= 4 is 28.6 Å². The predicted molar refractivity (Wildman–Crippen MR) is 122 cm³/mol. The number of H-pyrrole nitrogens is 1. The predicted octanol–water partition coefficient (Wildman–Crippen LogP) is 2.64. The monoisotopic (exact) mass is 483 g/mol. The maximum atomic E-state index is 15.0. The van der Waals surface area contributed by atoms with E-state index in [9.17, 15) is 28.4 Å². The SMILES string of the molecule is Cc1cc2cccc(C(=O)N3[C@@H]4CC[C@H]([C@H]3C(=O)N[C@@H](C#N)C[C@H]3CCNC3=O)C(F)(F)C4)c2[nH]1. The van der Waals surface area contributed by atoms with Crippen LogP contribution >= 0.6 is 0 Å². The normalized spacial score (nSPS) is 27.9. The molecule has 4 heterocycles. The zero-order chi connectivity index (χ0) is 24.9. The summed E-state index contributed by atoms with van der Waals surface area (Å²) in [6.07, 6.45) is 0.660. The number of piperidine rings is 2. The van der Waals surface area contributed by atoms with Gasteiger partial charge in [0.2, 0.25) is 11.8 Å². The van der Waals surface area contributed by atoms with Crippen molar-refractivity contribution in [3.05, 3.63) is 35.5 Å². The van der Waals surface area contributed by atoms with Gasteiger partial charge in [0.1, 0.15) is 12.1 Å². The lowest BCUT2D eigenvalue weighted by Gasteiger charge is -2.53. The average Bonchev–Trinajstić information content (AvgIpc) is 3.40. The van der Waals surface area contributed by atoms with Crippen molar-refractivity contribution in [3.63, 3.8) is 0 Å². The van der Waals surface area contributed by atoms with Gasteiger partial charge in [-0.1, -0.05) is 12.1 Å². The Labute approximate surface area is 201 Å². The van der Waals surface area contributed by atoms with E-state index in [-0.39, 0.29) is 18.7 Å². The van der Waals surface area contributed by atoms with E-state index in [1.165, 1.54) is 4.90 Å². The fourth-order valence-electron chi connectivity index (χ4n) is 5.97. The highest BCUT2D eigenvalue weighted by Crippen LogP contribution is 2.49. The molecule has 0 spiro atoms. The van der Waals surface area contributed by atoms with Gasteiger partial charge in [-0.3, -0.25) is 14.4 Å². The standard InChI is InChI=1S/C25H27F2N5O3/c1-13-9-14-3-2-4-18(20(14)30-13)24(35)32-17-5-6-19(25(26,27)11-17)21(32)23(34)31-16(12-28)10-15-7-8-29-22(15)33/h2-4,9,15-17,19,21,30H,5-8,10-11H2,1H3,(H,29,33)(H,31,34)/t15-,16-,17-,19-,21+/m1/s1. The fourth-order valence-corrected chi connectivity index (χ4v) is 5.97. The molecule has 8 nitrogen and oxygen atoms in total. The number of nitrogens with zero attached hydrogens (tertiary/aromatic N) is 2. The number of aryl methyl sites for hydroxylation is 1. The first-order chi connectivity index (χ1) is 16.7. The lowest BCUT2D eigenvalue weighted by atomic mass is 9.71. The second-order valence-corrected chi connectivity index (χ2v) is 9.88. The van der Waals surface area contributed by atoms with E-state index in [1.54, 1.807) is 12.1 Å². The summed E-state index contributed by atoms with van der Waals surface area (Å²) in [7, 11) is 0. The number of benzene rings is 1. The molecule has 184 valence electrons. The highest BCUT2D eigenvalue weighted by Gasteiger charge is 2.60. The van der Waals surface area contributed by atoms with Crippen LogP contribution < -0.4 is 10.6 Å². The van der Waals surface area contributed by atoms with E-state index in [0.717, 1.165) is 11.1 Å². The number of para-hydroxylation sites is 1. The number of fused-ring (bicyclic) bond motifs is 4. The van der Waals surface area contributed by atoms with Gasteiger partial charge >= 0.3 is 0 Å². The third-order valence-corrected chi connectivity index (χ3v) is 7.62. The molecule has 3 N–H and O–H groups in total. The highest BCUT2D eigenvalue weighted by atomic mass is 19.3. The van der Waals surface area contributed by atoms with Crippen LogP contribution in [0.25, 0.3) is 10.9 Å². The minimum atomic E-state index is -3.09. The summed E-state index contributed by atoms with van der Waals surface area (Å²) < 4.78 is 29.9. The Morgan fingerprint density at radius 1 is 1.31 bits per heavy atom. The molecule has 1 aliphatic carbocycles.